The second-order valence-corrected chi connectivity index (χ2v) is 5.52. The molecule has 5 nitrogen and oxygen atoms in total. The third-order valence-corrected chi connectivity index (χ3v) is 3.84. The summed E-state index contributed by atoms with van der Waals surface area (Å²) in [5.74, 6) is 0.660. The van der Waals surface area contributed by atoms with Gasteiger partial charge in [-0.15, -0.1) is 0 Å². The Morgan fingerprint density at radius 2 is 2.14 bits per heavy atom. The van der Waals surface area contributed by atoms with Crippen LogP contribution in [0.1, 0.15) is 25.3 Å². The largest absolute Gasteiger partial charge is 0.488 e. The average molecular weight is 303 g/mol. The Balaban J connectivity index is 1.42. The lowest BCUT2D eigenvalue weighted by atomic mass is 10.1. The first-order valence-electron chi connectivity index (χ1n) is 7.83. The van der Waals surface area contributed by atoms with E-state index in [2.05, 4.69) is 17.1 Å². The number of rotatable bonds is 7. The van der Waals surface area contributed by atoms with Gasteiger partial charge in [-0.1, -0.05) is 12.1 Å². The molecule has 0 saturated carbocycles. The molecule has 0 spiro atoms. The van der Waals surface area contributed by atoms with Gasteiger partial charge in [0.25, 0.3) is 0 Å². The highest BCUT2D eigenvalue weighted by atomic mass is 16.5. The Kier molecular flexibility index (Phi) is 4.73. The molecule has 0 radical (unpaired) electrons. The fourth-order valence-corrected chi connectivity index (χ4v) is 2.55. The van der Waals surface area contributed by atoms with E-state index in [9.17, 15) is 4.79 Å². The van der Waals surface area contributed by atoms with Gasteiger partial charge in [0, 0.05) is 6.42 Å². The number of esters is 1. The van der Waals surface area contributed by atoms with Gasteiger partial charge in [0.2, 0.25) is 0 Å². The summed E-state index contributed by atoms with van der Waals surface area (Å²) in [5.41, 5.74) is 2.16. The van der Waals surface area contributed by atoms with Crippen LogP contribution >= 0.6 is 0 Å². The van der Waals surface area contributed by atoms with Crippen LogP contribution < -0.4 is 4.74 Å². The molecule has 2 heterocycles. The van der Waals surface area contributed by atoms with Crippen LogP contribution in [0.2, 0.25) is 0 Å². The van der Waals surface area contributed by atoms with Crippen molar-refractivity contribution in [2.24, 2.45) is 4.99 Å². The van der Waals surface area contributed by atoms with Crippen molar-refractivity contribution in [3.63, 3.8) is 0 Å². The molecule has 0 bridgehead atoms. The average Bonchev–Trinajstić information content (AvgIpc) is 3.14. The molecular weight excluding hydrogens is 282 g/mol. The number of ether oxygens (including phenoxy) is 3. The normalized spacial score (nSPS) is 23.0. The minimum absolute atomic E-state index is 0.178. The molecule has 0 aliphatic carbocycles. The van der Waals surface area contributed by atoms with E-state index in [1.807, 2.05) is 12.1 Å². The Morgan fingerprint density at radius 1 is 1.32 bits per heavy atom. The Hall–Kier alpha value is -1.88. The summed E-state index contributed by atoms with van der Waals surface area (Å²) in [6.45, 7) is 3.68. The summed E-state index contributed by atoms with van der Waals surface area (Å²) in [5, 5.41) is 0. The molecule has 2 atom stereocenters. The molecule has 1 saturated heterocycles. The van der Waals surface area contributed by atoms with Crippen molar-refractivity contribution in [1.29, 1.82) is 0 Å². The number of aliphatic imine (C=N–C) groups is 1. The zero-order chi connectivity index (χ0) is 15.4. The first-order chi connectivity index (χ1) is 10.8. The Morgan fingerprint density at radius 3 is 2.82 bits per heavy atom. The number of hydrogen-bond donors (Lipinski definition) is 0. The monoisotopic (exact) mass is 303 g/mol. The summed E-state index contributed by atoms with van der Waals surface area (Å²) >= 11 is 0. The second kappa shape index (κ2) is 6.92. The first kappa shape index (κ1) is 15.0. The lowest BCUT2D eigenvalue weighted by molar-refractivity contribution is -0.142. The lowest BCUT2D eigenvalue weighted by Gasteiger charge is -2.11. The molecule has 2 aliphatic rings. The Bertz CT molecular complexity index is 546. The zero-order valence-corrected chi connectivity index (χ0v) is 12.8. The number of aryl methyl sites for hydroxylation is 1. The van der Waals surface area contributed by atoms with Crippen molar-refractivity contribution in [3.05, 3.63) is 29.8 Å². The van der Waals surface area contributed by atoms with Gasteiger partial charge >= 0.3 is 5.97 Å². The number of hydrogen-bond acceptors (Lipinski definition) is 5. The summed E-state index contributed by atoms with van der Waals surface area (Å²) in [6.07, 6.45) is 2.82. The maximum Gasteiger partial charge on any atom is 0.336 e. The summed E-state index contributed by atoms with van der Waals surface area (Å²) in [6, 6.07) is 7.79. The van der Waals surface area contributed by atoms with E-state index in [0.717, 1.165) is 37.3 Å². The lowest BCUT2D eigenvalue weighted by Crippen LogP contribution is -2.16. The molecule has 2 unspecified atom stereocenters. The second-order valence-electron chi connectivity index (χ2n) is 5.52. The third-order valence-electron chi connectivity index (χ3n) is 3.84. The van der Waals surface area contributed by atoms with Crippen LogP contribution in [-0.4, -0.2) is 43.6 Å². The minimum Gasteiger partial charge on any atom is -0.488 e. The molecule has 1 aromatic rings. The van der Waals surface area contributed by atoms with Crippen molar-refractivity contribution in [2.75, 3.05) is 19.8 Å². The molecule has 1 aromatic carbocycles. The van der Waals surface area contributed by atoms with Crippen LogP contribution in [0.25, 0.3) is 0 Å². The molecule has 0 aromatic heterocycles. The topological polar surface area (TPSA) is 57.1 Å². The third kappa shape index (κ3) is 3.85. The highest BCUT2D eigenvalue weighted by Crippen LogP contribution is 2.21. The van der Waals surface area contributed by atoms with Gasteiger partial charge in [-0.25, -0.2) is 4.79 Å². The van der Waals surface area contributed by atoms with Gasteiger partial charge in [0.1, 0.15) is 11.9 Å². The van der Waals surface area contributed by atoms with Crippen molar-refractivity contribution >= 4 is 11.7 Å². The summed E-state index contributed by atoms with van der Waals surface area (Å²) < 4.78 is 16.1. The van der Waals surface area contributed by atoms with Crippen LogP contribution in [0.4, 0.5) is 0 Å². The molecule has 118 valence electrons. The predicted octanol–water partition coefficient (Wildman–Crippen LogP) is 2.17. The zero-order valence-electron chi connectivity index (χ0n) is 12.8. The molecule has 0 N–H and O–H groups in total. The fourth-order valence-electron chi connectivity index (χ4n) is 2.55. The molecular formula is C17H21NO4. The van der Waals surface area contributed by atoms with E-state index < -0.39 is 0 Å². The van der Waals surface area contributed by atoms with E-state index in [4.69, 9.17) is 14.2 Å². The van der Waals surface area contributed by atoms with E-state index in [-0.39, 0.29) is 18.1 Å². The first-order valence-corrected chi connectivity index (χ1v) is 7.83. The van der Waals surface area contributed by atoms with Gasteiger partial charge in [-0.2, -0.15) is 0 Å². The quantitative estimate of drug-likeness (QED) is 0.724. The van der Waals surface area contributed by atoms with E-state index in [0.29, 0.717) is 13.2 Å². The van der Waals surface area contributed by atoms with Crippen LogP contribution in [0, 0.1) is 0 Å². The smallest absolute Gasteiger partial charge is 0.336 e. The van der Waals surface area contributed by atoms with Crippen molar-refractivity contribution in [3.8, 4) is 5.75 Å². The van der Waals surface area contributed by atoms with Gasteiger partial charge in [0.15, 0.2) is 6.04 Å². The van der Waals surface area contributed by atoms with E-state index in [1.165, 1.54) is 5.56 Å². The van der Waals surface area contributed by atoms with Gasteiger partial charge < -0.3 is 14.2 Å². The van der Waals surface area contributed by atoms with Gasteiger partial charge in [0.05, 0.1) is 25.5 Å². The maximum absolute atomic E-state index is 11.5. The summed E-state index contributed by atoms with van der Waals surface area (Å²) in [7, 11) is 0. The number of nitrogens with zero attached hydrogens (tertiary/aromatic N) is 1. The van der Waals surface area contributed by atoms with Crippen LogP contribution in [0.5, 0.6) is 5.75 Å². The van der Waals surface area contributed by atoms with Crippen LogP contribution in [-0.2, 0) is 20.7 Å². The number of carbonyl (C=O) groups excluding carboxylic acids is 1. The number of benzene rings is 1. The fraction of sp³-hybridized carbons (Fsp3) is 0.529. The highest BCUT2D eigenvalue weighted by molar-refractivity contribution is 6.16. The van der Waals surface area contributed by atoms with Crippen molar-refractivity contribution in [2.45, 2.75) is 38.3 Å². The molecule has 22 heavy (non-hydrogen) atoms. The molecule has 3 rings (SSSR count). The van der Waals surface area contributed by atoms with Crippen molar-refractivity contribution < 1.29 is 19.0 Å². The van der Waals surface area contributed by atoms with E-state index >= 15 is 0 Å². The molecule has 5 heteroatoms. The molecule has 1 fully saturated rings. The van der Waals surface area contributed by atoms with Gasteiger partial charge in [-0.3, -0.25) is 4.99 Å². The standard InChI is InChI=1S/C17H21NO4/c1-2-21-17(19)16-15(18-16)8-5-12-3-6-13(7-4-12)22-14-9-10-20-11-14/h3-4,6-7,14,16H,2,5,8-11H2,1H3. The van der Waals surface area contributed by atoms with Crippen molar-refractivity contribution in [1.82, 2.24) is 0 Å². The minimum atomic E-state index is -0.315. The highest BCUT2D eigenvalue weighted by Gasteiger charge is 2.35. The SMILES string of the molecule is CCOC(=O)C1N=C1CCc1ccc(OC2CCOC2)cc1. The molecule has 2 aliphatic heterocycles. The predicted molar refractivity (Wildman–Crippen MR) is 82.5 cm³/mol. The maximum atomic E-state index is 11.5. The Labute approximate surface area is 130 Å². The number of carbonyl (C=O) groups is 1. The van der Waals surface area contributed by atoms with E-state index in [1.54, 1.807) is 6.92 Å². The van der Waals surface area contributed by atoms with Crippen LogP contribution in [0.15, 0.2) is 29.3 Å². The summed E-state index contributed by atoms with van der Waals surface area (Å²) in [4.78, 5) is 15.7. The van der Waals surface area contributed by atoms with Gasteiger partial charge in [-0.05, 0) is 37.5 Å². The molecule has 0 amide bonds. The van der Waals surface area contributed by atoms with Crippen LogP contribution in [0.3, 0.4) is 0 Å².